The van der Waals surface area contributed by atoms with Crippen molar-refractivity contribution in [2.24, 2.45) is 5.73 Å². The van der Waals surface area contributed by atoms with Crippen LogP contribution >= 0.6 is 40.2 Å². The largest absolute Gasteiger partial charge is 0.339 e. The second kappa shape index (κ2) is 8.94. The highest BCUT2D eigenvalue weighted by Crippen LogP contribution is 2.37. The highest BCUT2D eigenvalue weighted by atomic mass is 79.9. The van der Waals surface area contributed by atoms with E-state index in [2.05, 4.69) is 51.7 Å². The summed E-state index contributed by atoms with van der Waals surface area (Å²) in [5.74, 6) is 0.345. The number of benzene rings is 1. The highest BCUT2D eigenvalue weighted by molar-refractivity contribution is 9.10. The van der Waals surface area contributed by atoms with Crippen molar-refractivity contribution in [3.63, 3.8) is 0 Å². The fourth-order valence-electron chi connectivity index (χ4n) is 4.30. The van der Waals surface area contributed by atoms with Gasteiger partial charge in [0.15, 0.2) is 0 Å². The highest BCUT2D eigenvalue weighted by Gasteiger charge is 2.33. The fraction of sp³-hybridized carbons (Fsp3) is 0.429. The van der Waals surface area contributed by atoms with E-state index in [1.54, 1.807) is 0 Å². The van der Waals surface area contributed by atoms with Crippen LogP contribution < -0.4 is 5.73 Å². The predicted molar refractivity (Wildman–Crippen MR) is 123 cm³/mol. The number of thiol groups is 1. The van der Waals surface area contributed by atoms with Gasteiger partial charge in [0.1, 0.15) is 0 Å². The normalized spacial score (nSPS) is 20.6. The van der Waals surface area contributed by atoms with Crippen molar-refractivity contribution in [1.82, 2.24) is 14.8 Å². The Bertz CT molecular complexity index is 866. The van der Waals surface area contributed by atoms with Gasteiger partial charge in [0.2, 0.25) is 5.91 Å². The van der Waals surface area contributed by atoms with Crippen LogP contribution in [0.25, 0.3) is 0 Å². The number of rotatable bonds is 3. The molecule has 1 aliphatic heterocycles. The molecular weight excluding hydrogens is 472 g/mol. The van der Waals surface area contributed by atoms with E-state index in [0.29, 0.717) is 18.8 Å². The monoisotopic (exact) mass is 494 g/mol. The van der Waals surface area contributed by atoms with E-state index in [4.69, 9.17) is 22.3 Å². The summed E-state index contributed by atoms with van der Waals surface area (Å²) in [5, 5.41) is 0.763. The lowest BCUT2D eigenvalue weighted by molar-refractivity contribution is -0.134. The van der Waals surface area contributed by atoms with Crippen LogP contribution in [0.3, 0.4) is 0 Å². The Balaban J connectivity index is 1.65. The molecular formula is C21H24BrClN4OS. The second-order valence-corrected chi connectivity index (χ2v) is 9.31. The number of halogens is 2. The summed E-state index contributed by atoms with van der Waals surface area (Å²) in [4.78, 5) is 21.5. The number of aryl methyl sites for hydroxylation is 2. The molecule has 1 aliphatic carbocycles. The number of hydrogen-bond acceptors (Lipinski definition) is 5. The molecule has 4 rings (SSSR count). The first-order chi connectivity index (χ1) is 14.0. The minimum Gasteiger partial charge on any atom is -0.339 e. The lowest BCUT2D eigenvalue weighted by Crippen LogP contribution is -2.54. The fourth-order valence-corrected chi connectivity index (χ4v) is 5.02. The number of aromatic nitrogens is 1. The number of pyridine rings is 1. The average Bonchev–Trinajstić information content (AvgIpc) is 2.89. The van der Waals surface area contributed by atoms with Gasteiger partial charge in [0.25, 0.3) is 0 Å². The first-order valence-electron chi connectivity index (χ1n) is 9.80. The van der Waals surface area contributed by atoms with E-state index >= 15 is 0 Å². The topological polar surface area (TPSA) is 62.5 Å². The summed E-state index contributed by atoms with van der Waals surface area (Å²) in [6.45, 7) is 2.86. The Morgan fingerprint density at radius 1 is 1.24 bits per heavy atom. The second-order valence-electron chi connectivity index (χ2n) is 7.59. The predicted octanol–water partition coefficient (Wildman–Crippen LogP) is 3.09. The van der Waals surface area contributed by atoms with Crippen molar-refractivity contribution < 1.29 is 4.79 Å². The molecule has 0 radical (unpaired) electrons. The summed E-state index contributed by atoms with van der Waals surface area (Å²) in [6.07, 6.45) is 3.74. The maximum absolute atomic E-state index is 12.4. The number of hydrogen-bond donors (Lipinski definition) is 2. The third-order valence-corrected chi connectivity index (χ3v) is 6.86. The van der Waals surface area contributed by atoms with Crippen molar-refractivity contribution in [1.29, 1.82) is 0 Å². The molecule has 1 unspecified atom stereocenters. The molecule has 1 saturated heterocycles. The number of carbonyl (C=O) groups is 1. The van der Waals surface area contributed by atoms with Crippen LogP contribution in [0, 0.1) is 0 Å². The van der Waals surface area contributed by atoms with Crippen LogP contribution in [0.15, 0.2) is 34.9 Å². The molecule has 2 N–H and O–H groups in total. The smallest absolute Gasteiger partial charge is 0.240 e. The lowest BCUT2D eigenvalue weighted by atomic mass is 9.96. The summed E-state index contributed by atoms with van der Waals surface area (Å²) in [7, 11) is 0. The molecule has 1 fully saturated rings. The number of piperazine rings is 1. The van der Waals surface area contributed by atoms with Gasteiger partial charge in [-0.2, -0.15) is 12.6 Å². The Labute approximate surface area is 190 Å². The Morgan fingerprint density at radius 2 is 1.97 bits per heavy atom. The van der Waals surface area contributed by atoms with Gasteiger partial charge in [-0.1, -0.05) is 17.7 Å². The Morgan fingerprint density at radius 3 is 2.69 bits per heavy atom. The number of carbonyl (C=O) groups excluding carboxylic acids is 1. The van der Waals surface area contributed by atoms with E-state index in [-0.39, 0.29) is 11.9 Å². The summed E-state index contributed by atoms with van der Waals surface area (Å²) in [5.41, 5.74) is 10.8. The molecule has 2 aromatic rings. The SMILES string of the molecule is N[C@@H](CS)C(=O)N1CCN(C2c3ccc(Cl)cc3CCc3cc(Br)cnc32)CC1. The van der Waals surface area contributed by atoms with Crippen molar-refractivity contribution in [3.8, 4) is 0 Å². The van der Waals surface area contributed by atoms with Crippen LogP contribution in [0.1, 0.15) is 28.4 Å². The maximum atomic E-state index is 12.4. The zero-order chi connectivity index (χ0) is 20.5. The Kier molecular flexibility index (Phi) is 6.51. The van der Waals surface area contributed by atoms with Crippen LogP contribution in [0.5, 0.6) is 0 Å². The van der Waals surface area contributed by atoms with Crippen LogP contribution in [0.4, 0.5) is 0 Å². The maximum Gasteiger partial charge on any atom is 0.240 e. The van der Waals surface area contributed by atoms with Gasteiger partial charge in [-0.25, -0.2) is 0 Å². The summed E-state index contributed by atoms with van der Waals surface area (Å²) >= 11 is 14.0. The third kappa shape index (κ3) is 4.35. The van der Waals surface area contributed by atoms with Gasteiger partial charge >= 0.3 is 0 Å². The summed E-state index contributed by atoms with van der Waals surface area (Å²) in [6, 6.07) is 7.87. The van der Waals surface area contributed by atoms with Crippen molar-refractivity contribution >= 4 is 46.1 Å². The molecule has 154 valence electrons. The lowest BCUT2D eigenvalue weighted by Gasteiger charge is -2.40. The van der Waals surface area contributed by atoms with Gasteiger partial charge in [0.05, 0.1) is 17.8 Å². The van der Waals surface area contributed by atoms with E-state index < -0.39 is 6.04 Å². The van der Waals surface area contributed by atoms with Crippen molar-refractivity contribution in [2.75, 3.05) is 31.9 Å². The third-order valence-electron chi connectivity index (χ3n) is 5.80. The van der Waals surface area contributed by atoms with Gasteiger partial charge in [-0.05, 0) is 63.7 Å². The average molecular weight is 496 g/mol. The molecule has 29 heavy (non-hydrogen) atoms. The molecule has 2 aliphatic rings. The van der Waals surface area contributed by atoms with Gasteiger partial charge in [-0.3, -0.25) is 14.7 Å². The van der Waals surface area contributed by atoms with Crippen molar-refractivity contribution in [2.45, 2.75) is 24.9 Å². The van der Waals surface area contributed by atoms with Crippen molar-refractivity contribution in [3.05, 3.63) is 62.3 Å². The molecule has 0 saturated carbocycles. The molecule has 0 bridgehead atoms. The number of amides is 1. The van der Waals surface area contributed by atoms with Gasteiger partial charge < -0.3 is 10.6 Å². The van der Waals surface area contributed by atoms with E-state index in [1.165, 1.54) is 16.7 Å². The van der Waals surface area contributed by atoms with E-state index in [1.807, 2.05) is 17.2 Å². The molecule has 1 aromatic heterocycles. The molecule has 0 spiro atoms. The molecule has 2 atom stereocenters. The minimum absolute atomic E-state index is 0.0184. The first kappa shape index (κ1) is 21.1. The molecule has 2 heterocycles. The number of nitrogens with zero attached hydrogens (tertiary/aromatic N) is 3. The van der Waals surface area contributed by atoms with Gasteiger partial charge in [-0.15, -0.1) is 0 Å². The zero-order valence-electron chi connectivity index (χ0n) is 16.0. The zero-order valence-corrected chi connectivity index (χ0v) is 19.3. The molecule has 1 aromatic carbocycles. The molecule has 8 heteroatoms. The Hall–Kier alpha value is -1.12. The van der Waals surface area contributed by atoms with Crippen LogP contribution in [0.2, 0.25) is 5.02 Å². The van der Waals surface area contributed by atoms with Crippen LogP contribution in [-0.2, 0) is 17.6 Å². The molecule has 1 amide bonds. The quantitative estimate of drug-likeness (QED) is 0.643. The van der Waals surface area contributed by atoms with E-state index in [9.17, 15) is 4.79 Å². The standard InChI is InChI=1S/C21H24BrClN4OS/c22-15-9-14-2-1-13-10-16(23)3-4-17(13)20(19(14)25-11-15)26-5-7-27(8-6-26)21(28)18(24)12-29/h3-4,9-11,18,20,29H,1-2,5-8,12,24H2/t18-,20?/m0/s1. The minimum atomic E-state index is -0.537. The number of nitrogens with two attached hydrogens (primary N) is 1. The van der Waals surface area contributed by atoms with E-state index in [0.717, 1.165) is 41.1 Å². The first-order valence-corrected chi connectivity index (χ1v) is 11.6. The van der Waals surface area contributed by atoms with Gasteiger partial charge in [0, 0.05) is 47.6 Å². The summed E-state index contributed by atoms with van der Waals surface area (Å²) < 4.78 is 0.996. The van der Waals surface area contributed by atoms with Crippen LogP contribution in [-0.4, -0.2) is 58.7 Å². The molecule has 5 nitrogen and oxygen atoms in total. The number of fused-ring (bicyclic) bond motifs is 2.